The summed E-state index contributed by atoms with van der Waals surface area (Å²) >= 11 is 11.6. The molecule has 0 saturated carbocycles. The molecule has 1 aliphatic rings. The summed E-state index contributed by atoms with van der Waals surface area (Å²) < 4.78 is 23.3. The van der Waals surface area contributed by atoms with Gasteiger partial charge in [0.25, 0.3) is 11.0 Å². The van der Waals surface area contributed by atoms with Crippen LogP contribution in [0.4, 0.5) is 5.69 Å². The fraction of sp³-hybridized carbons (Fsp3) is 0.200. The number of benzene rings is 1. The molecule has 0 atom stereocenters. The number of halogens is 2. The lowest BCUT2D eigenvalue weighted by atomic mass is 10.3. The smallest absolute Gasteiger partial charge is 0.289 e. The first-order valence-electron chi connectivity index (χ1n) is 5.09. The van der Waals surface area contributed by atoms with Crippen molar-refractivity contribution in [3.8, 4) is 0 Å². The van der Waals surface area contributed by atoms with Gasteiger partial charge in [-0.25, -0.2) is 8.42 Å². The molecule has 1 amide bonds. The average Bonchev–Trinajstić information content (AvgIpc) is 2.32. The highest BCUT2D eigenvalue weighted by molar-refractivity contribution is 8.08. The molecular formula is C10H8Cl2N2O4S. The molecule has 0 bridgehead atoms. The molecule has 0 unspecified atom stereocenters. The number of nitrogens with zero attached hydrogens (tertiary/aromatic N) is 1. The second-order valence-corrected chi connectivity index (χ2v) is 6.49. The summed E-state index contributed by atoms with van der Waals surface area (Å²) in [7, 11) is -3.72. The van der Waals surface area contributed by atoms with E-state index in [1.165, 1.54) is 18.2 Å². The fourth-order valence-electron chi connectivity index (χ4n) is 1.35. The van der Waals surface area contributed by atoms with Gasteiger partial charge in [-0.15, -0.1) is 0 Å². The van der Waals surface area contributed by atoms with Crippen molar-refractivity contribution in [2.45, 2.75) is 0 Å². The van der Waals surface area contributed by atoms with Gasteiger partial charge in [0.2, 0.25) is 9.84 Å². The Balaban J connectivity index is 2.24. The van der Waals surface area contributed by atoms with Crippen molar-refractivity contribution < 1.29 is 18.0 Å². The van der Waals surface area contributed by atoms with Crippen molar-refractivity contribution in [1.82, 2.24) is 0 Å². The number of oxime groups is 1. The number of sulfone groups is 1. The van der Waals surface area contributed by atoms with E-state index in [1.807, 2.05) is 0 Å². The van der Waals surface area contributed by atoms with Gasteiger partial charge < -0.3 is 10.2 Å². The molecule has 1 aromatic rings. The summed E-state index contributed by atoms with van der Waals surface area (Å²) in [5.74, 6) is -1.18. The molecule has 6 nitrogen and oxygen atoms in total. The van der Waals surface area contributed by atoms with E-state index in [0.717, 1.165) is 0 Å². The number of amides is 1. The summed E-state index contributed by atoms with van der Waals surface area (Å²) in [5.41, 5.74) is 0.236. The van der Waals surface area contributed by atoms with Crippen molar-refractivity contribution in [1.29, 1.82) is 0 Å². The summed E-state index contributed by atoms with van der Waals surface area (Å²) in [5, 5.41) is 5.54. The summed E-state index contributed by atoms with van der Waals surface area (Å²) in [4.78, 5) is 16.4. The number of nitrogens with one attached hydrogen (secondary N) is 1. The zero-order chi connectivity index (χ0) is 14.0. The number of carbonyl (C=O) groups excluding carboxylic acids is 1. The first-order valence-corrected chi connectivity index (χ1v) is 7.50. The minimum Gasteiger partial charge on any atom is -0.393 e. The van der Waals surface area contributed by atoms with Crippen LogP contribution in [0.2, 0.25) is 10.0 Å². The van der Waals surface area contributed by atoms with Crippen molar-refractivity contribution >= 4 is 49.7 Å². The molecule has 1 aromatic carbocycles. The van der Waals surface area contributed by atoms with E-state index in [1.54, 1.807) is 0 Å². The monoisotopic (exact) mass is 322 g/mol. The second kappa shape index (κ2) is 5.36. The van der Waals surface area contributed by atoms with Gasteiger partial charge in [0.05, 0.1) is 16.5 Å². The van der Waals surface area contributed by atoms with E-state index in [9.17, 15) is 13.2 Å². The number of rotatable bonds is 2. The molecular weight excluding hydrogens is 315 g/mol. The van der Waals surface area contributed by atoms with Crippen LogP contribution < -0.4 is 5.32 Å². The van der Waals surface area contributed by atoms with Gasteiger partial charge in [-0.05, 0) is 18.2 Å². The summed E-state index contributed by atoms with van der Waals surface area (Å²) in [6.45, 7) is -0.0686. The number of hydrogen-bond acceptors (Lipinski definition) is 5. The largest absolute Gasteiger partial charge is 0.393 e. The van der Waals surface area contributed by atoms with Gasteiger partial charge >= 0.3 is 0 Å². The molecule has 1 heterocycles. The van der Waals surface area contributed by atoms with E-state index >= 15 is 0 Å². The standard InChI is InChI=1S/C10H8Cl2N2O4S/c11-6-1-2-8(7(12)5-6)13-9(15)10-14-18-3-4-19(10,16)17/h1-2,5H,3-4H2,(H,13,15). The van der Waals surface area contributed by atoms with Gasteiger partial charge in [-0.2, -0.15) is 0 Å². The van der Waals surface area contributed by atoms with E-state index < -0.39 is 20.8 Å². The minimum atomic E-state index is -3.72. The lowest BCUT2D eigenvalue weighted by Crippen LogP contribution is -2.35. The molecule has 0 spiro atoms. The Kier molecular flexibility index (Phi) is 3.98. The minimum absolute atomic E-state index is 0.0686. The number of carbonyl (C=O) groups is 1. The molecule has 102 valence electrons. The highest BCUT2D eigenvalue weighted by atomic mass is 35.5. The molecule has 1 aliphatic heterocycles. The first-order chi connectivity index (χ1) is 8.90. The molecule has 0 fully saturated rings. The predicted octanol–water partition coefficient (Wildman–Crippen LogP) is 1.69. The van der Waals surface area contributed by atoms with Crippen LogP contribution in [0.5, 0.6) is 0 Å². The van der Waals surface area contributed by atoms with Crippen LogP contribution in [-0.2, 0) is 19.5 Å². The fourth-order valence-corrected chi connectivity index (χ4v) is 2.80. The van der Waals surface area contributed by atoms with E-state index in [-0.39, 0.29) is 23.1 Å². The van der Waals surface area contributed by atoms with E-state index in [2.05, 4.69) is 15.3 Å². The van der Waals surface area contributed by atoms with Crippen LogP contribution in [0.15, 0.2) is 23.4 Å². The van der Waals surface area contributed by atoms with E-state index in [0.29, 0.717) is 5.02 Å². The summed E-state index contributed by atoms with van der Waals surface area (Å²) in [6, 6.07) is 4.39. The number of anilines is 1. The SMILES string of the molecule is O=C(Nc1ccc(Cl)cc1Cl)C1=NOCCS1(=O)=O. The second-order valence-electron chi connectivity index (χ2n) is 3.63. The zero-order valence-corrected chi connectivity index (χ0v) is 11.7. The average molecular weight is 323 g/mol. The quantitative estimate of drug-likeness (QED) is 0.897. The Bertz CT molecular complexity index is 657. The molecule has 0 radical (unpaired) electrons. The molecule has 2 rings (SSSR count). The molecule has 0 aromatic heterocycles. The first kappa shape index (κ1) is 14.1. The maximum absolute atomic E-state index is 11.8. The van der Waals surface area contributed by atoms with Crippen molar-refractivity contribution in [3.05, 3.63) is 28.2 Å². The maximum atomic E-state index is 11.8. The normalized spacial score (nSPS) is 17.3. The highest BCUT2D eigenvalue weighted by Crippen LogP contribution is 2.25. The Morgan fingerprint density at radius 3 is 2.74 bits per heavy atom. The van der Waals surface area contributed by atoms with Gasteiger partial charge in [0.1, 0.15) is 6.61 Å². The van der Waals surface area contributed by atoms with Crippen LogP contribution in [-0.4, -0.2) is 31.7 Å². The van der Waals surface area contributed by atoms with Crippen LogP contribution in [0.25, 0.3) is 0 Å². The van der Waals surface area contributed by atoms with Gasteiger partial charge in [0.15, 0.2) is 0 Å². The Labute approximate surface area is 119 Å². The molecule has 0 aliphatic carbocycles. The van der Waals surface area contributed by atoms with Gasteiger partial charge in [-0.3, -0.25) is 4.79 Å². The van der Waals surface area contributed by atoms with Crippen LogP contribution in [0.1, 0.15) is 0 Å². The Hall–Kier alpha value is -1.31. The van der Waals surface area contributed by atoms with Crippen LogP contribution in [0.3, 0.4) is 0 Å². The Morgan fingerprint density at radius 1 is 1.37 bits per heavy atom. The molecule has 1 N–H and O–H groups in total. The zero-order valence-electron chi connectivity index (χ0n) is 9.39. The summed E-state index contributed by atoms with van der Waals surface area (Å²) in [6.07, 6.45) is 0. The number of hydrogen-bond donors (Lipinski definition) is 1. The third-order valence-electron chi connectivity index (χ3n) is 2.26. The third kappa shape index (κ3) is 3.17. The van der Waals surface area contributed by atoms with E-state index in [4.69, 9.17) is 23.2 Å². The van der Waals surface area contributed by atoms with Crippen LogP contribution in [0, 0.1) is 0 Å². The molecule has 0 saturated heterocycles. The highest BCUT2D eigenvalue weighted by Gasteiger charge is 2.31. The lowest BCUT2D eigenvalue weighted by Gasteiger charge is -2.13. The Morgan fingerprint density at radius 2 is 2.11 bits per heavy atom. The van der Waals surface area contributed by atoms with Gasteiger partial charge in [-0.1, -0.05) is 28.4 Å². The maximum Gasteiger partial charge on any atom is 0.289 e. The van der Waals surface area contributed by atoms with Crippen molar-refractivity contribution in [2.24, 2.45) is 5.16 Å². The third-order valence-corrected chi connectivity index (χ3v) is 4.36. The van der Waals surface area contributed by atoms with Crippen molar-refractivity contribution in [2.75, 3.05) is 17.7 Å². The van der Waals surface area contributed by atoms with Crippen LogP contribution >= 0.6 is 23.2 Å². The predicted molar refractivity (Wildman–Crippen MR) is 72.3 cm³/mol. The topological polar surface area (TPSA) is 84.8 Å². The lowest BCUT2D eigenvalue weighted by molar-refractivity contribution is -0.110. The van der Waals surface area contributed by atoms with Gasteiger partial charge in [0, 0.05) is 5.02 Å². The van der Waals surface area contributed by atoms with Crippen molar-refractivity contribution in [3.63, 3.8) is 0 Å². The molecule has 9 heteroatoms. The molecule has 19 heavy (non-hydrogen) atoms.